The van der Waals surface area contributed by atoms with Crippen LogP contribution < -0.4 is 0 Å². The molecule has 1 aliphatic rings. The maximum atomic E-state index is 5.95. The molecular weight excluding hydrogens is 161 g/mol. The summed E-state index contributed by atoms with van der Waals surface area (Å²) in [6.45, 7) is 12.0. The Labute approximate surface area is 82.9 Å². The third-order valence-electron chi connectivity index (χ3n) is 2.46. The molecule has 0 aliphatic carbocycles. The average molecular weight is 182 g/mol. The predicted octanol–water partition coefficient (Wildman–Crippen LogP) is 1.59. The van der Waals surface area contributed by atoms with Gasteiger partial charge in [-0.2, -0.15) is 0 Å². The molecule has 1 radical (unpaired) electrons. The van der Waals surface area contributed by atoms with Gasteiger partial charge in [-0.3, -0.25) is 4.90 Å². The van der Waals surface area contributed by atoms with Crippen molar-refractivity contribution < 1.29 is 4.74 Å². The van der Waals surface area contributed by atoms with Crippen LogP contribution in [0.4, 0.5) is 0 Å². The highest BCUT2D eigenvalue weighted by Gasteiger charge is 2.31. The van der Waals surface area contributed by atoms with Gasteiger partial charge in [0.1, 0.15) is 0 Å². The zero-order chi connectivity index (χ0) is 9.90. The van der Waals surface area contributed by atoms with Gasteiger partial charge in [-0.15, -0.1) is 0 Å². The Bertz CT molecular complexity index is 161. The SMILES string of the molecule is CC[B]C1CN(CC)CC(C)(C)O1. The van der Waals surface area contributed by atoms with E-state index in [4.69, 9.17) is 4.74 Å². The van der Waals surface area contributed by atoms with Gasteiger partial charge < -0.3 is 4.74 Å². The van der Waals surface area contributed by atoms with Crippen LogP contribution in [0.1, 0.15) is 27.7 Å². The fraction of sp³-hybridized carbons (Fsp3) is 1.00. The molecule has 0 spiro atoms. The zero-order valence-electron chi connectivity index (χ0n) is 9.34. The highest BCUT2D eigenvalue weighted by molar-refractivity contribution is 6.37. The summed E-state index contributed by atoms with van der Waals surface area (Å²) in [6, 6.07) is 0.327. The van der Waals surface area contributed by atoms with Gasteiger partial charge in [-0.25, -0.2) is 0 Å². The number of rotatable bonds is 3. The van der Waals surface area contributed by atoms with E-state index in [0.717, 1.165) is 26.0 Å². The third-order valence-corrected chi connectivity index (χ3v) is 2.46. The Balaban J connectivity index is 2.49. The summed E-state index contributed by atoms with van der Waals surface area (Å²) < 4.78 is 5.95. The molecule has 1 atom stereocenters. The first-order chi connectivity index (χ1) is 6.07. The third kappa shape index (κ3) is 3.32. The van der Waals surface area contributed by atoms with Crippen molar-refractivity contribution in [2.45, 2.75) is 45.6 Å². The summed E-state index contributed by atoms with van der Waals surface area (Å²) in [5.74, 6) is 0. The Morgan fingerprint density at radius 2 is 2.15 bits per heavy atom. The summed E-state index contributed by atoms with van der Waals surface area (Å²) in [5.41, 5.74) is 0.0184. The molecule has 75 valence electrons. The first-order valence-corrected chi connectivity index (χ1v) is 5.31. The molecule has 1 unspecified atom stereocenters. The van der Waals surface area contributed by atoms with Gasteiger partial charge in [-0.05, 0) is 20.4 Å². The minimum Gasteiger partial charge on any atom is -0.379 e. The van der Waals surface area contributed by atoms with E-state index < -0.39 is 0 Å². The van der Waals surface area contributed by atoms with Gasteiger partial charge in [0.15, 0.2) is 7.28 Å². The fourth-order valence-electron chi connectivity index (χ4n) is 1.97. The van der Waals surface area contributed by atoms with Crippen LogP contribution in [0.3, 0.4) is 0 Å². The molecule has 0 bridgehead atoms. The maximum absolute atomic E-state index is 5.95. The Kier molecular flexibility index (Phi) is 3.80. The van der Waals surface area contributed by atoms with Crippen LogP contribution in [-0.4, -0.2) is 43.4 Å². The number of ether oxygens (including phenoxy) is 1. The lowest BCUT2D eigenvalue weighted by atomic mass is 9.68. The molecule has 2 nitrogen and oxygen atoms in total. The van der Waals surface area contributed by atoms with Crippen molar-refractivity contribution in [3.05, 3.63) is 0 Å². The van der Waals surface area contributed by atoms with Crippen molar-refractivity contribution in [3.63, 3.8) is 0 Å². The van der Waals surface area contributed by atoms with Crippen LogP contribution in [0.15, 0.2) is 0 Å². The van der Waals surface area contributed by atoms with Crippen LogP contribution in [0.5, 0.6) is 0 Å². The largest absolute Gasteiger partial charge is 0.379 e. The standard InChI is InChI=1S/C10H21BNO/c1-5-11-9-7-12(6-2)8-10(3,4)13-9/h9H,5-8H2,1-4H3. The summed E-state index contributed by atoms with van der Waals surface area (Å²) in [6.07, 6.45) is 1.10. The quantitative estimate of drug-likeness (QED) is 0.614. The molecule has 3 heteroatoms. The van der Waals surface area contributed by atoms with Crippen LogP contribution in [0.25, 0.3) is 0 Å². The zero-order valence-corrected chi connectivity index (χ0v) is 9.34. The van der Waals surface area contributed by atoms with E-state index in [1.807, 2.05) is 0 Å². The van der Waals surface area contributed by atoms with Gasteiger partial charge in [0.05, 0.1) is 5.60 Å². The van der Waals surface area contributed by atoms with Crippen molar-refractivity contribution in [2.75, 3.05) is 19.6 Å². The molecule has 1 rings (SSSR count). The monoisotopic (exact) mass is 182 g/mol. The van der Waals surface area contributed by atoms with Gasteiger partial charge in [0.2, 0.25) is 0 Å². The lowest BCUT2D eigenvalue weighted by Gasteiger charge is -2.42. The molecule has 0 aromatic rings. The number of likely N-dealkylation sites (N-methyl/N-ethyl adjacent to an activating group) is 1. The Morgan fingerprint density at radius 1 is 1.46 bits per heavy atom. The molecule has 0 saturated carbocycles. The highest BCUT2D eigenvalue weighted by atomic mass is 16.5. The number of hydrogen-bond donors (Lipinski definition) is 0. The number of nitrogens with zero attached hydrogens (tertiary/aromatic N) is 1. The smallest absolute Gasteiger partial charge is 0.150 e. The maximum Gasteiger partial charge on any atom is 0.150 e. The molecule has 13 heavy (non-hydrogen) atoms. The van der Waals surface area contributed by atoms with E-state index >= 15 is 0 Å². The first kappa shape index (κ1) is 11.1. The van der Waals surface area contributed by atoms with E-state index in [1.165, 1.54) is 0 Å². The van der Waals surface area contributed by atoms with Crippen molar-refractivity contribution in [2.24, 2.45) is 0 Å². The normalized spacial score (nSPS) is 28.8. The van der Waals surface area contributed by atoms with E-state index in [-0.39, 0.29) is 5.60 Å². The van der Waals surface area contributed by atoms with E-state index in [9.17, 15) is 0 Å². The van der Waals surface area contributed by atoms with Gasteiger partial charge >= 0.3 is 0 Å². The number of hydrogen-bond acceptors (Lipinski definition) is 2. The first-order valence-electron chi connectivity index (χ1n) is 5.31. The van der Waals surface area contributed by atoms with Crippen molar-refractivity contribution >= 4 is 7.28 Å². The second-order valence-corrected chi connectivity index (χ2v) is 4.39. The molecule has 1 saturated heterocycles. The van der Waals surface area contributed by atoms with Crippen molar-refractivity contribution in [1.82, 2.24) is 4.90 Å². The summed E-state index contributed by atoms with van der Waals surface area (Å²) in [5, 5.41) is 0. The fourth-order valence-corrected chi connectivity index (χ4v) is 1.97. The van der Waals surface area contributed by atoms with Crippen molar-refractivity contribution in [3.8, 4) is 0 Å². The van der Waals surface area contributed by atoms with E-state index in [0.29, 0.717) is 6.00 Å². The number of morpholine rings is 1. The Hall–Kier alpha value is -0.0151. The molecule has 1 heterocycles. The molecule has 0 aromatic carbocycles. The lowest BCUT2D eigenvalue weighted by Crippen LogP contribution is -2.54. The highest BCUT2D eigenvalue weighted by Crippen LogP contribution is 2.20. The van der Waals surface area contributed by atoms with Crippen molar-refractivity contribution in [1.29, 1.82) is 0 Å². The predicted molar refractivity (Wildman–Crippen MR) is 57.3 cm³/mol. The second-order valence-electron chi connectivity index (χ2n) is 4.39. The lowest BCUT2D eigenvalue weighted by molar-refractivity contribution is -0.105. The summed E-state index contributed by atoms with van der Waals surface area (Å²) >= 11 is 0. The molecule has 0 N–H and O–H groups in total. The van der Waals surface area contributed by atoms with E-state index in [1.54, 1.807) is 0 Å². The van der Waals surface area contributed by atoms with Gasteiger partial charge in [0, 0.05) is 19.1 Å². The van der Waals surface area contributed by atoms with Gasteiger partial charge in [0.25, 0.3) is 0 Å². The summed E-state index contributed by atoms with van der Waals surface area (Å²) in [7, 11) is 2.27. The Morgan fingerprint density at radius 3 is 2.69 bits per heavy atom. The summed E-state index contributed by atoms with van der Waals surface area (Å²) in [4.78, 5) is 2.46. The molecular formula is C10H21BNO. The van der Waals surface area contributed by atoms with E-state index in [2.05, 4.69) is 39.9 Å². The van der Waals surface area contributed by atoms with Crippen LogP contribution in [-0.2, 0) is 4.74 Å². The minimum atomic E-state index is 0.0184. The molecule has 1 aliphatic heterocycles. The molecule has 0 amide bonds. The second kappa shape index (κ2) is 4.47. The molecule has 0 aromatic heterocycles. The van der Waals surface area contributed by atoms with Crippen LogP contribution >= 0.6 is 0 Å². The van der Waals surface area contributed by atoms with Crippen LogP contribution in [0, 0.1) is 0 Å². The van der Waals surface area contributed by atoms with Crippen LogP contribution in [0.2, 0.25) is 6.32 Å². The molecule has 1 fully saturated rings. The average Bonchev–Trinajstić information content (AvgIpc) is 2.02. The topological polar surface area (TPSA) is 12.5 Å². The van der Waals surface area contributed by atoms with Gasteiger partial charge in [-0.1, -0.05) is 20.2 Å². The minimum absolute atomic E-state index is 0.0184.